The SMILES string of the molecule is CCC1CN(C(=O)Nc2ccc(C(=O)O)cc2C)CCO1. The fourth-order valence-electron chi connectivity index (χ4n) is 2.28. The quantitative estimate of drug-likeness (QED) is 0.896. The zero-order valence-electron chi connectivity index (χ0n) is 12.3. The number of hydrogen-bond donors (Lipinski definition) is 2. The number of carboxylic acid groups (broad SMARTS) is 1. The molecule has 1 heterocycles. The number of amides is 2. The Kier molecular flexibility index (Phi) is 4.80. The van der Waals surface area contributed by atoms with Crippen molar-refractivity contribution < 1.29 is 19.4 Å². The van der Waals surface area contributed by atoms with Crippen LogP contribution in [0.15, 0.2) is 18.2 Å². The van der Waals surface area contributed by atoms with Crippen LogP contribution in [0.25, 0.3) is 0 Å². The van der Waals surface area contributed by atoms with Crippen LogP contribution in [0.2, 0.25) is 0 Å². The van der Waals surface area contributed by atoms with Crippen molar-refractivity contribution in [1.29, 1.82) is 0 Å². The number of carbonyl (C=O) groups is 2. The van der Waals surface area contributed by atoms with Crippen molar-refractivity contribution in [2.45, 2.75) is 26.4 Å². The predicted octanol–water partition coefficient (Wildman–Crippen LogP) is 2.34. The second-order valence-corrected chi connectivity index (χ2v) is 5.11. The molecule has 1 saturated heterocycles. The third-order valence-corrected chi connectivity index (χ3v) is 3.60. The Hall–Kier alpha value is -2.08. The third-order valence-electron chi connectivity index (χ3n) is 3.60. The monoisotopic (exact) mass is 292 g/mol. The lowest BCUT2D eigenvalue weighted by molar-refractivity contribution is -0.0134. The minimum Gasteiger partial charge on any atom is -0.478 e. The maximum absolute atomic E-state index is 12.2. The average Bonchev–Trinajstić information content (AvgIpc) is 2.49. The van der Waals surface area contributed by atoms with Crippen LogP contribution in [0.3, 0.4) is 0 Å². The van der Waals surface area contributed by atoms with Gasteiger partial charge in [-0.3, -0.25) is 0 Å². The predicted molar refractivity (Wildman–Crippen MR) is 78.8 cm³/mol. The van der Waals surface area contributed by atoms with E-state index in [1.54, 1.807) is 24.0 Å². The summed E-state index contributed by atoms with van der Waals surface area (Å²) in [6.45, 7) is 5.49. The van der Waals surface area contributed by atoms with E-state index in [4.69, 9.17) is 9.84 Å². The number of morpholine rings is 1. The molecule has 6 nitrogen and oxygen atoms in total. The first-order chi connectivity index (χ1) is 10.0. The van der Waals surface area contributed by atoms with Gasteiger partial charge in [0.2, 0.25) is 0 Å². The zero-order valence-corrected chi connectivity index (χ0v) is 12.3. The minimum absolute atomic E-state index is 0.0833. The first-order valence-electron chi connectivity index (χ1n) is 7.02. The molecule has 0 aliphatic carbocycles. The Labute approximate surface area is 123 Å². The Morgan fingerprint density at radius 3 is 2.86 bits per heavy atom. The second-order valence-electron chi connectivity index (χ2n) is 5.11. The molecule has 2 rings (SSSR count). The van der Waals surface area contributed by atoms with Crippen molar-refractivity contribution in [3.05, 3.63) is 29.3 Å². The Balaban J connectivity index is 2.04. The first kappa shape index (κ1) is 15.3. The lowest BCUT2D eigenvalue weighted by Crippen LogP contribution is -2.47. The molecule has 1 unspecified atom stereocenters. The Bertz CT molecular complexity index is 544. The van der Waals surface area contributed by atoms with Crippen LogP contribution in [0.5, 0.6) is 0 Å². The van der Waals surface area contributed by atoms with Gasteiger partial charge in [-0.2, -0.15) is 0 Å². The highest BCUT2D eigenvalue weighted by molar-refractivity contribution is 5.92. The summed E-state index contributed by atoms with van der Waals surface area (Å²) in [6.07, 6.45) is 0.954. The number of rotatable bonds is 3. The molecule has 0 aromatic heterocycles. The van der Waals surface area contributed by atoms with Crippen molar-refractivity contribution in [3.8, 4) is 0 Å². The maximum atomic E-state index is 12.2. The standard InChI is InChI=1S/C15H20N2O4/c1-3-12-9-17(6-7-21-12)15(20)16-13-5-4-11(14(18)19)8-10(13)2/h4-5,8,12H,3,6-7,9H2,1-2H3,(H,16,20)(H,18,19). The van der Waals surface area contributed by atoms with E-state index < -0.39 is 5.97 Å². The van der Waals surface area contributed by atoms with Gasteiger partial charge in [-0.05, 0) is 37.1 Å². The molecular weight excluding hydrogens is 272 g/mol. The van der Waals surface area contributed by atoms with Gasteiger partial charge < -0.3 is 20.1 Å². The van der Waals surface area contributed by atoms with Gasteiger partial charge in [0.05, 0.1) is 18.3 Å². The van der Waals surface area contributed by atoms with Gasteiger partial charge in [-0.25, -0.2) is 9.59 Å². The average molecular weight is 292 g/mol. The fraction of sp³-hybridized carbons (Fsp3) is 0.467. The Morgan fingerprint density at radius 2 is 2.24 bits per heavy atom. The lowest BCUT2D eigenvalue weighted by atomic mass is 10.1. The van der Waals surface area contributed by atoms with Crippen LogP contribution in [0.1, 0.15) is 29.3 Å². The fourth-order valence-corrected chi connectivity index (χ4v) is 2.28. The summed E-state index contributed by atoms with van der Waals surface area (Å²) in [5.74, 6) is -0.977. The molecule has 2 amide bonds. The first-order valence-corrected chi connectivity index (χ1v) is 7.02. The van der Waals surface area contributed by atoms with Crippen LogP contribution in [0.4, 0.5) is 10.5 Å². The number of aryl methyl sites for hydroxylation is 1. The highest BCUT2D eigenvalue weighted by Gasteiger charge is 2.23. The van der Waals surface area contributed by atoms with E-state index in [2.05, 4.69) is 5.32 Å². The summed E-state index contributed by atoms with van der Waals surface area (Å²) >= 11 is 0. The summed E-state index contributed by atoms with van der Waals surface area (Å²) in [5.41, 5.74) is 1.57. The summed E-state index contributed by atoms with van der Waals surface area (Å²) in [7, 11) is 0. The van der Waals surface area contributed by atoms with Crippen molar-refractivity contribution in [1.82, 2.24) is 4.90 Å². The number of ether oxygens (including phenoxy) is 1. The van der Waals surface area contributed by atoms with Crippen LogP contribution in [-0.2, 0) is 4.74 Å². The number of aromatic carboxylic acids is 1. The number of benzene rings is 1. The van der Waals surface area contributed by atoms with E-state index >= 15 is 0 Å². The molecule has 6 heteroatoms. The van der Waals surface area contributed by atoms with Crippen LogP contribution in [-0.4, -0.2) is 47.8 Å². The number of hydrogen-bond acceptors (Lipinski definition) is 3. The number of carboxylic acids is 1. The highest BCUT2D eigenvalue weighted by Crippen LogP contribution is 2.18. The van der Waals surface area contributed by atoms with Gasteiger partial charge in [0.1, 0.15) is 0 Å². The van der Waals surface area contributed by atoms with Crippen LogP contribution < -0.4 is 5.32 Å². The zero-order chi connectivity index (χ0) is 15.4. The molecule has 1 aliphatic heterocycles. The topological polar surface area (TPSA) is 78.9 Å². The molecule has 0 saturated carbocycles. The number of nitrogens with zero attached hydrogens (tertiary/aromatic N) is 1. The molecule has 0 radical (unpaired) electrons. The second kappa shape index (κ2) is 6.58. The number of nitrogens with one attached hydrogen (secondary N) is 1. The lowest BCUT2D eigenvalue weighted by Gasteiger charge is -2.32. The van der Waals surface area contributed by atoms with Gasteiger partial charge in [0, 0.05) is 18.8 Å². The molecule has 2 N–H and O–H groups in total. The molecule has 114 valence electrons. The minimum atomic E-state index is -0.977. The van der Waals surface area contributed by atoms with Gasteiger partial charge >= 0.3 is 12.0 Å². The molecule has 1 aromatic carbocycles. The van der Waals surface area contributed by atoms with Crippen molar-refractivity contribution >= 4 is 17.7 Å². The molecule has 1 fully saturated rings. The van der Waals surface area contributed by atoms with E-state index in [0.29, 0.717) is 25.4 Å². The van der Waals surface area contributed by atoms with Gasteiger partial charge in [0.25, 0.3) is 0 Å². The van der Waals surface area contributed by atoms with E-state index in [9.17, 15) is 9.59 Å². The molecule has 1 aliphatic rings. The number of carbonyl (C=O) groups excluding carboxylic acids is 1. The highest BCUT2D eigenvalue weighted by atomic mass is 16.5. The summed E-state index contributed by atoms with van der Waals surface area (Å²) < 4.78 is 5.54. The van der Waals surface area contributed by atoms with Crippen molar-refractivity contribution in [2.24, 2.45) is 0 Å². The van der Waals surface area contributed by atoms with Gasteiger partial charge in [-0.15, -0.1) is 0 Å². The smallest absolute Gasteiger partial charge is 0.335 e. The molecule has 0 bridgehead atoms. The summed E-state index contributed by atoms with van der Waals surface area (Å²) in [6, 6.07) is 4.47. The van der Waals surface area contributed by atoms with Crippen LogP contribution in [0, 0.1) is 6.92 Å². The molecule has 1 aromatic rings. The van der Waals surface area contributed by atoms with Gasteiger partial charge in [-0.1, -0.05) is 6.92 Å². The normalized spacial score (nSPS) is 18.4. The van der Waals surface area contributed by atoms with E-state index in [1.165, 1.54) is 6.07 Å². The Morgan fingerprint density at radius 1 is 1.48 bits per heavy atom. The third kappa shape index (κ3) is 3.72. The summed E-state index contributed by atoms with van der Waals surface area (Å²) in [5, 5.41) is 11.8. The number of anilines is 1. The van der Waals surface area contributed by atoms with Crippen molar-refractivity contribution in [3.63, 3.8) is 0 Å². The van der Waals surface area contributed by atoms with Crippen LogP contribution >= 0.6 is 0 Å². The van der Waals surface area contributed by atoms with E-state index in [0.717, 1.165) is 12.0 Å². The van der Waals surface area contributed by atoms with E-state index in [-0.39, 0.29) is 17.7 Å². The largest absolute Gasteiger partial charge is 0.478 e. The molecular formula is C15H20N2O4. The maximum Gasteiger partial charge on any atom is 0.335 e. The molecule has 0 spiro atoms. The van der Waals surface area contributed by atoms with E-state index in [1.807, 2.05) is 6.92 Å². The molecule has 1 atom stereocenters. The van der Waals surface area contributed by atoms with Gasteiger partial charge in [0.15, 0.2) is 0 Å². The number of urea groups is 1. The van der Waals surface area contributed by atoms with Crippen molar-refractivity contribution in [2.75, 3.05) is 25.0 Å². The molecule has 21 heavy (non-hydrogen) atoms. The summed E-state index contributed by atoms with van der Waals surface area (Å²) in [4.78, 5) is 24.9.